The van der Waals surface area contributed by atoms with E-state index in [1.165, 1.54) is 97.7 Å². The molecule has 8 aromatic carbocycles. The predicted molar refractivity (Wildman–Crippen MR) is 218 cm³/mol. The number of hydrogen-bond acceptors (Lipinski definition) is 1. The largest absolute Gasteiger partial charge is 0.138 e. The predicted octanol–water partition coefficient (Wildman–Crippen LogP) is 13.3. The van der Waals surface area contributed by atoms with Crippen LogP contribution in [0.1, 0.15) is 38.3 Å². The molecule has 0 unspecified atom stereocenters. The summed E-state index contributed by atoms with van der Waals surface area (Å²) in [5, 5.41) is 6.44. The van der Waals surface area contributed by atoms with E-state index in [2.05, 4.69) is 182 Å². The molecule has 0 saturated carbocycles. The van der Waals surface area contributed by atoms with E-state index >= 15 is 0 Å². The van der Waals surface area contributed by atoms with Gasteiger partial charge < -0.3 is 0 Å². The van der Waals surface area contributed by atoms with Gasteiger partial charge in [0, 0.05) is 20.5 Å². The van der Waals surface area contributed by atoms with Crippen LogP contribution in [0.5, 0.6) is 0 Å². The number of thiophene rings is 1. The van der Waals surface area contributed by atoms with Gasteiger partial charge in [0.2, 0.25) is 0 Å². The van der Waals surface area contributed by atoms with E-state index in [0.29, 0.717) is 0 Å². The van der Waals surface area contributed by atoms with E-state index < -0.39 is 0 Å². The Kier molecular flexibility index (Phi) is 6.20. The van der Waals surface area contributed by atoms with Crippen LogP contribution in [0.15, 0.2) is 176 Å². The zero-order chi connectivity index (χ0) is 33.5. The van der Waals surface area contributed by atoms with Gasteiger partial charge in [0.1, 0.15) is 0 Å². The van der Waals surface area contributed by atoms with Gasteiger partial charge in [-0.3, -0.25) is 0 Å². The second-order valence-corrected chi connectivity index (χ2v) is 15.1. The summed E-state index contributed by atoms with van der Waals surface area (Å²) in [5.74, 6) is 0. The van der Waals surface area contributed by atoms with Gasteiger partial charge in [0.25, 0.3) is 0 Å². The molecular weight excluding hydrogens is 633 g/mol. The molecule has 0 amide bonds. The van der Waals surface area contributed by atoms with Gasteiger partial charge >= 0.3 is 0 Å². The third-order valence-electron chi connectivity index (χ3n) is 11.3. The van der Waals surface area contributed by atoms with Crippen LogP contribution in [0.25, 0.3) is 65.5 Å². The van der Waals surface area contributed by atoms with Crippen molar-refractivity contribution in [2.24, 2.45) is 0 Å². The zero-order valence-corrected chi connectivity index (χ0v) is 28.8. The molecule has 1 aromatic heterocycles. The second-order valence-electron chi connectivity index (χ2n) is 14.0. The van der Waals surface area contributed by atoms with Crippen LogP contribution in [0.4, 0.5) is 0 Å². The molecule has 0 saturated heterocycles. The highest BCUT2D eigenvalue weighted by Gasteiger charge is 2.53. The van der Waals surface area contributed by atoms with Gasteiger partial charge in [-0.1, -0.05) is 164 Å². The molecule has 0 nitrogen and oxygen atoms in total. The van der Waals surface area contributed by atoms with E-state index in [9.17, 15) is 0 Å². The molecule has 0 aliphatic heterocycles. The van der Waals surface area contributed by atoms with Crippen molar-refractivity contribution in [1.82, 2.24) is 0 Å². The first-order chi connectivity index (χ1) is 25.3. The molecule has 2 aliphatic rings. The summed E-state index contributed by atoms with van der Waals surface area (Å²) in [6.07, 6.45) is 3.26. The summed E-state index contributed by atoms with van der Waals surface area (Å²) in [4.78, 5) is 1.45. The summed E-state index contributed by atoms with van der Waals surface area (Å²) >= 11 is 1.97. The second kappa shape index (κ2) is 11.0. The van der Waals surface area contributed by atoms with Gasteiger partial charge in [-0.2, -0.15) is 0 Å². The van der Waals surface area contributed by atoms with Gasteiger partial charge in [0.15, 0.2) is 0 Å². The van der Waals surface area contributed by atoms with Gasteiger partial charge in [-0.25, -0.2) is 0 Å². The molecule has 1 heterocycles. The Balaban J connectivity index is 1.16. The Morgan fingerprint density at radius 3 is 1.86 bits per heavy atom. The minimum atomic E-state index is -0.333. The molecule has 51 heavy (non-hydrogen) atoms. The summed E-state index contributed by atoms with van der Waals surface area (Å²) < 4.78 is 1.35. The van der Waals surface area contributed by atoms with E-state index in [4.69, 9.17) is 0 Å². The standard InChI is InChI=1S/C50H32S/c1-3-13-36-27-32(21-23-34(36)11-1)29-39(30-33-22-24-35-12-2-4-14-37(35)28-33)38-25-26-46-43(31-38)48-42-17-7-10-20-47(42)51-49(48)50(46)44-18-8-5-15-40(44)41-16-6-9-19-45(41)50/h1-29,31H,30H2/b39-29-. The Morgan fingerprint density at radius 1 is 0.490 bits per heavy atom. The molecule has 0 bridgehead atoms. The Morgan fingerprint density at radius 2 is 1.10 bits per heavy atom. The lowest BCUT2D eigenvalue weighted by Gasteiger charge is -2.29. The number of hydrogen-bond donors (Lipinski definition) is 0. The lowest BCUT2D eigenvalue weighted by molar-refractivity contribution is 0.811. The van der Waals surface area contributed by atoms with Crippen molar-refractivity contribution >= 4 is 54.6 Å². The molecule has 1 spiro atoms. The van der Waals surface area contributed by atoms with Crippen molar-refractivity contribution < 1.29 is 0 Å². The molecule has 9 aromatic rings. The third-order valence-corrected chi connectivity index (χ3v) is 12.6. The number of fused-ring (bicyclic) bond motifs is 14. The first-order valence-electron chi connectivity index (χ1n) is 17.8. The molecule has 0 radical (unpaired) electrons. The van der Waals surface area contributed by atoms with E-state index in [1.807, 2.05) is 11.3 Å². The highest BCUT2D eigenvalue weighted by Crippen LogP contribution is 2.66. The minimum Gasteiger partial charge on any atom is -0.138 e. The van der Waals surface area contributed by atoms with E-state index in [-0.39, 0.29) is 5.41 Å². The van der Waals surface area contributed by atoms with Crippen LogP contribution in [-0.2, 0) is 11.8 Å². The van der Waals surface area contributed by atoms with Crippen LogP contribution in [0.2, 0.25) is 0 Å². The Labute approximate surface area is 301 Å². The van der Waals surface area contributed by atoms with Gasteiger partial charge in [0.05, 0.1) is 5.41 Å². The van der Waals surface area contributed by atoms with Crippen LogP contribution in [0.3, 0.4) is 0 Å². The normalized spacial score (nSPS) is 13.8. The number of allylic oxidation sites excluding steroid dienone is 1. The summed E-state index contributed by atoms with van der Waals surface area (Å²) in [5.41, 5.74) is 14.4. The van der Waals surface area contributed by atoms with Gasteiger partial charge in [-0.15, -0.1) is 11.3 Å². The van der Waals surface area contributed by atoms with E-state index in [1.54, 1.807) is 0 Å². The summed E-state index contributed by atoms with van der Waals surface area (Å²) in [7, 11) is 0. The molecule has 238 valence electrons. The van der Waals surface area contributed by atoms with Crippen LogP contribution in [-0.4, -0.2) is 0 Å². The molecule has 2 aliphatic carbocycles. The van der Waals surface area contributed by atoms with Crippen molar-refractivity contribution in [2.45, 2.75) is 11.8 Å². The average Bonchev–Trinajstić information content (AvgIpc) is 3.81. The number of benzene rings is 8. The first-order valence-corrected chi connectivity index (χ1v) is 18.6. The Hall–Kier alpha value is -6.02. The van der Waals surface area contributed by atoms with Crippen molar-refractivity contribution in [3.05, 3.63) is 214 Å². The minimum absolute atomic E-state index is 0.333. The molecule has 0 fully saturated rings. The lowest BCUT2D eigenvalue weighted by Crippen LogP contribution is -2.24. The molecule has 0 N–H and O–H groups in total. The highest BCUT2D eigenvalue weighted by molar-refractivity contribution is 7.20. The number of rotatable bonds is 4. The maximum absolute atomic E-state index is 2.51. The van der Waals surface area contributed by atoms with Crippen molar-refractivity contribution in [1.29, 1.82) is 0 Å². The summed E-state index contributed by atoms with van der Waals surface area (Å²) in [6, 6.07) is 65.7. The van der Waals surface area contributed by atoms with Gasteiger partial charge in [-0.05, 0) is 102 Å². The first kappa shape index (κ1) is 28.8. The fourth-order valence-corrected chi connectivity index (χ4v) is 10.5. The van der Waals surface area contributed by atoms with Crippen molar-refractivity contribution in [3.63, 3.8) is 0 Å². The third kappa shape index (κ3) is 4.19. The van der Waals surface area contributed by atoms with Crippen LogP contribution >= 0.6 is 11.3 Å². The smallest absolute Gasteiger partial charge is 0.0819 e. The van der Waals surface area contributed by atoms with Crippen molar-refractivity contribution in [2.75, 3.05) is 0 Å². The average molecular weight is 665 g/mol. The maximum Gasteiger partial charge on any atom is 0.0819 e. The van der Waals surface area contributed by atoms with Crippen LogP contribution < -0.4 is 0 Å². The summed E-state index contributed by atoms with van der Waals surface area (Å²) in [6.45, 7) is 0. The fraction of sp³-hybridized carbons (Fsp3) is 0.0400. The van der Waals surface area contributed by atoms with Crippen LogP contribution in [0, 0.1) is 0 Å². The lowest BCUT2D eigenvalue weighted by atomic mass is 9.73. The topological polar surface area (TPSA) is 0 Å². The molecular formula is C50H32S. The molecule has 11 rings (SSSR count). The fourth-order valence-electron chi connectivity index (χ4n) is 9.05. The quantitative estimate of drug-likeness (QED) is 0.164. The zero-order valence-electron chi connectivity index (χ0n) is 27.9. The maximum atomic E-state index is 2.51. The Bertz CT molecular complexity index is 2850. The monoisotopic (exact) mass is 664 g/mol. The highest BCUT2D eigenvalue weighted by atomic mass is 32.1. The van der Waals surface area contributed by atoms with E-state index in [0.717, 1.165) is 6.42 Å². The van der Waals surface area contributed by atoms with Crippen molar-refractivity contribution in [3.8, 4) is 22.3 Å². The molecule has 1 heteroatoms. The SMILES string of the molecule is C(=C(\Cc1ccc2ccccc2c1)c1ccc2c(c1)-c1c(sc3ccccc13)C21c2ccccc2-c2ccccc21)/c1ccc2ccccc2c1. The molecule has 0 atom stereocenters.